The normalized spacial score (nSPS) is 16.4. The van der Waals surface area contributed by atoms with Crippen LogP contribution in [0.3, 0.4) is 0 Å². The summed E-state index contributed by atoms with van der Waals surface area (Å²) in [7, 11) is 2.75. The Morgan fingerprint density at radius 1 is 0.891 bits per heavy atom. The molecule has 3 heterocycles. The summed E-state index contributed by atoms with van der Waals surface area (Å²) in [6.45, 7) is 2.53. The number of rotatable bonds is 8. The Morgan fingerprint density at radius 3 is 2.33 bits per heavy atom. The van der Waals surface area contributed by atoms with Gasteiger partial charge in [0.05, 0.1) is 18.8 Å². The highest BCUT2D eigenvalue weighted by atomic mass is 16.3. The summed E-state index contributed by atoms with van der Waals surface area (Å²) < 4.78 is 7.89. The SMILES string of the molecule is Cc1ccc(NC(=NC[C@H]2c3ccccc3C(=O)N(CCc3ccccc3)[C@@H]2c2ccco2)c2c(O)n(C)c(=O)n(C)c2=O)cc1. The van der Waals surface area contributed by atoms with E-state index in [1.165, 1.54) is 14.1 Å². The molecule has 5 aromatic rings. The number of nitrogens with one attached hydrogen (secondary N) is 1. The maximum atomic E-state index is 14.0. The minimum absolute atomic E-state index is 0.0981. The molecule has 10 nitrogen and oxygen atoms in total. The van der Waals surface area contributed by atoms with Gasteiger partial charge in [0.1, 0.15) is 17.2 Å². The number of anilines is 1. The van der Waals surface area contributed by atoms with Crippen molar-refractivity contribution < 1.29 is 14.3 Å². The van der Waals surface area contributed by atoms with Crippen LogP contribution in [0.1, 0.15) is 50.3 Å². The molecule has 0 spiro atoms. The molecular weight excluding hydrogens is 582 g/mol. The Hall–Kier alpha value is -5.64. The van der Waals surface area contributed by atoms with Gasteiger partial charge >= 0.3 is 5.69 Å². The van der Waals surface area contributed by atoms with Crippen molar-refractivity contribution >= 4 is 17.4 Å². The van der Waals surface area contributed by atoms with Crippen LogP contribution in [0.4, 0.5) is 5.69 Å². The largest absolute Gasteiger partial charge is 0.494 e. The molecule has 3 aromatic carbocycles. The van der Waals surface area contributed by atoms with Crippen molar-refractivity contribution in [2.45, 2.75) is 25.3 Å². The third-order valence-electron chi connectivity index (χ3n) is 8.52. The standard InChI is InChI=1S/C36H35N5O5/c1-23-15-17-25(18-16-23)38-32(30-34(43)39(2)36(45)40(3)35(30)44)37-22-28-26-12-7-8-13-27(26)33(42)41(31(28)29-14-9-21-46-29)20-19-24-10-5-4-6-11-24/h4-18,21,28,31,43H,19-20,22H2,1-3H3,(H,37,38)/t28-,31-/m0/s1. The van der Waals surface area contributed by atoms with Crippen LogP contribution >= 0.6 is 0 Å². The van der Waals surface area contributed by atoms with Crippen molar-refractivity contribution in [3.8, 4) is 5.88 Å². The van der Waals surface area contributed by atoms with Crippen molar-refractivity contribution in [2.75, 3.05) is 18.4 Å². The van der Waals surface area contributed by atoms with Crippen molar-refractivity contribution in [1.29, 1.82) is 0 Å². The van der Waals surface area contributed by atoms with Crippen LogP contribution < -0.4 is 16.6 Å². The van der Waals surface area contributed by atoms with Crippen molar-refractivity contribution in [3.63, 3.8) is 0 Å². The van der Waals surface area contributed by atoms with Gasteiger partial charge in [-0.25, -0.2) is 4.79 Å². The molecule has 0 radical (unpaired) electrons. The fourth-order valence-electron chi connectivity index (χ4n) is 6.01. The molecule has 0 unspecified atom stereocenters. The lowest BCUT2D eigenvalue weighted by molar-refractivity contribution is 0.0583. The molecule has 234 valence electrons. The van der Waals surface area contributed by atoms with Gasteiger partial charge in [-0.05, 0) is 54.8 Å². The number of hydrogen-bond acceptors (Lipinski definition) is 6. The minimum Gasteiger partial charge on any atom is -0.494 e. The highest BCUT2D eigenvalue weighted by molar-refractivity contribution is 6.09. The average Bonchev–Trinajstić information content (AvgIpc) is 3.61. The number of amidine groups is 1. The predicted octanol–water partition coefficient (Wildman–Crippen LogP) is 4.77. The number of nitrogens with zero attached hydrogens (tertiary/aromatic N) is 4. The van der Waals surface area contributed by atoms with Gasteiger partial charge < -0.3 is 19.7 Å². The van der Waals surface area contributed by atoms with E-state index in [1.54, 1.807) is 12.3 Å². The van der Waals surface area contributed by atoms with E-state index in [1.807, 2.05) is 96.8 Å². The first kappa shape index (κ1) is 30.4. The third-order valence-corrected chi connectivity index (χ3v) is 8.52. The van der Waals surface area contributed by atoms with Crippen LogP contribution in [0.5, 0.6) is 5.88 Å². The fourth-order valence-corrected chi connectivity index (χ4v) is 6.01. The summed E-state index contributed by atoms with van der Waals surface area (Å²) in [5.41, 5.74) is 2.69. The fraction of sp³-hybridized carbons (Fsp3) is 0.222. The number of aromatic hydroxyl groups is 1. The van der Waals surface area contributed by atoms with Crippen LogP contribution in [-0.2, 0) is 20.5 Å². The number of benzene rings is 3. The van der Waals surface area contributed by atoms with Crippen LogP contribution in [-0.4, -0.2) is 44.0 Å². The molecule has 1 aliphatic rings. The predicted molar refractivity (Wildman–Crippen MR) is 177 cm³/mol. The second-order valence-electron chi connectivity index (χ2n) is 11.5. The summed E-state index contributed by atoms with van der Waals surface area (Å²) in [5, 5.41) is 14.3. The van der Waals surface area contributed by atoms with Gasteiger partial charge in [0.15, 0.2) is 0 Å². The first-order valence-electron chi connectivity index (χ1n) is 15.1. The van der Waals surface area contributed by atoms with Gasteiger partial charge in [0.2, 0.25) is 5.88 Å². The van der Waals surface area contributed by atoms with Gasteiger partial charge in [-0.3, -0.25) is 23.7 Å². The number of amides is 1. The molecule has 2 atom stereocenters. The number of furan rings is 1. The highest BCUT2D eigenvalue weighted by Crippen LogP contribution is 2.43. The van der Waals surface area contributed by atoms with E-state index >= 15 is 0 Å². The first-order valence-corrected chi connectivity index (χ1v) is 15.1. The molecule has 46 heavy (non-hydrogen) atoms. The molecule has 0 fully saturated rings. The van der Waals surface area contributed by atoms with E-state index in [2.05, 4.69) is 5.32 Å². The maximum absolute atomic E-state index is 14.0. The molecule has 2 aromatic heterocycles. The van der Waals surface area contributed by atoms with Crippen molar-refractivity contribution in [2.24, 2.45) is 19.1 Å². The van der Waals surface area contributed by atoms with E-state index in [4.69, 9.17) is 9.41 Å². The van der Waals surface area contributed by atoms with Gasteiger partial charge in [0.25, 0.3) is 11.5 Å². The quantitative estimate of drug-likeness (QED) is 0.191. The number of carbonyl (C=O) groups is 1. The topological polar surface area (TPSA) is 122 Å². The number of aryl methyl sites for hydroxylation is 1. The van der Waals surface area contributed by atoms with E-state index in [0.29, 0.717) is 30.0 Å². The molecule has 10 heteroatoms. The molecule has 0 saturated carbocycles. The zero-order valence-corrected chi connectivity index (χ0v) is 25.9. The molecule has 2 N–H and O–H groups in total. The Kier molecular flexibility index (Phi) is 8.43. The number of fused-ring (bicyclic) bond motifs is 1. The zero-order valence-electron chi connectivity index (χ0n) is 25.9. The monoisotopic (exact) mass is 617 g/mol. The Balaban J connectivity index is 1.48. The van der Waals surface area contributed by atoms with Crippen LogP contribution in [0.2, 0.25) is 0 Å². The lowest BCUT2D eigenvalue weighted by Gasteiger charge is -2.41. The second-order valence-corrected chi connectivity index (χ2v) is 11.5. The molecule has 0 bridgehead atoms. The van der Waals surface area contributed by atoms with E-state index in [-0.39, 0.29) is 29.8 Å². The molecule has 0 aliphatic carbocycles. The van der Waals surface area contributed by atoms with Gasteiger partial charge in [-0.15, -0.1) is 0 Å². The first-order chi connectivity index (χ1) is 22.2. The van der Waals surface area contributed by atoms with Crippen molar-refractivity contribution in [1.82, 2.24) is 14.0 Å². The molecule has 1 aliphatic heterocycles. The number of aliphatic imine (C=N–C) groups is 1. The highest BCUT2D eigenvalue weighted by Gasteiger charge is 2.42. The van der Waals surface area contributed by atoms with Gasteiger partial charge in [0, 0.05) is 37.8 Å². The van der Waals surface area contributed by atoms with E-state index < -0.39 is 23.2 Å². The summed E-state index contributed by atoms with van der Waals surface area (Å²) in [4.78, 5) is 46.9. The lowest BCUT2D eigenvalue weighted by Crippen LogP contribution is -2.44. The van der Waals surface area contributed by atoms with Gasteiger partial charge in [-0.2, -0.15) is 0 Å². The smallest absolute Gasteiger partial charge is 0.333 e. The van der Waals surface area contributed by atoms with E-state index in [0.717, 1.165) is 25.8 Å². The summed E-state index contributed by atoms with van der Waals surface area (Å²) in [6, 6.07) is 28.2. The number of carbonyl (C=O) groups excluding carboxylic acids is 1. The van der Waals surface area contributed by atoms with Gasteiger partial charge in [-0.1, -0.05) is 66.2 Å². The zero-order chi connectivity index (χ0) is 32.4. The van der Waals surface area contributed by atoms with Crippen LogP contribution in [0.25, 0.3) is 0 Å². The molecule has 1 amide bonds. The molecular formula is C36H35N5O5. The number of aromatic nitrogens is 2. The second kappa shape index (κ2) is 12.8. The molecule has 6 rings (SSSR count). The minimum atomic E-state index is -0.690. The Bertz CT molecular complexity index is 2010. The summed E-state index contributed by atoms with van der Waals surface area (Å²) in [5.74, 6) is -0.261. The van der Waals surface area contributed by atoms with Crippen molar-refractivity contribution in [3.05, 3.63) is 152 Å². The summed E-state index contributed by atoms with van der Waals surface area (Å²) >= 11 is 0. The van der Waals surface area contributed by atoms with E-state index in [9.17, 15) is 19.5 Å². The molecule has 0 saturated heterocycles. The number of hydrogen-bond donors (Lipinski definition) is 2. The Morgan fingerprint density at radius 2 is 1.61 bits per heavy atom. The third kappa shape index (κ3) is 5.77. The maximum Gasteiger partial charge on any atom is 0.333 e. The Labute approximate surface area is 265 Å². The summed E-state index contributed by atoms with van der Waals surface area (Å²) in [6.07, 6.45) is 2.23. The van der Waals surface area contributed by atoms with Crippen LogP contribution in [0, 0.1) is 6.92 Å². The average molecular weight is 618 g/mol. The van der Waals surface area contributed by atoms with Crippen LogP contribution in [0.15, 0.2) is 116 Å². The lowest BCUT2D eigenvalue weighted by atomic mass is 9.81.